The minimum absolute atomic E-state index is 0.0651. The molecule has 2 heterocycles. The van der Waals surface area contributed by atoms with Crippen molar-refractivity contribution >= 4 is 30.1 Å². The number of carbonyl (C=O) groups excluding carboxylic acids is 2. The predicted octanol–water partition coefficient (Wildman–Crippen LogP) is 5.12. The molecule has 0 saturated carbocycles. The second kappa shape index (κ2) is 12.7. The number of hydrogen-bond donors (Lipinski definition) is 1. The monoisotopic (exact) mass is 610 g/mol. The van der Waals surface area contributed by atoms with Crippen LogP contribution in [0, 0.1) is 5.92 Å². The molecule has 11 heteroatoms. The van der Waals surface area contributed by atoms with Crippen molar-refractivity contribution in [3.05, 3.63) is 108 Å². The first-order valence-electron chi connectivity index (χ1n) is 13.9. The maximum absolute atomic E-state index is 13.1. The van der Waals surface area contributed by atoms with E-state index < -0.39 is 36.7 Å². The smallest absolute Gasteiger partial charge is 0.350 e. The number of halogens is 1. The van der Waals surface area contributed by atoms with E-state index >= 15 is 0 Å². The molecule has 0 bridgehead atoms. The zero-order valence-corrected chi connectivity index (χ0v) is 25.6. The Morgan fingerprint density at radius 2 is 1.40 bits per heavy atom. The first-order valence-corrected chi connectivity index (χ1v) is 16.4. The molecule has 3 aromatic rings. The second-order valence-corrected chi connectivity index (χ2v) is 14.1. The number of ether oxygens (including phenoxy) is 1. The van der Waals surface area contributed by atoms with E-state index in [1.165, 1.54) is 4.67 Å². The van der Waals surface area contributed by atoms with Gasteiger partial charge in [-0.1, -0.05) is 97.9 Å². The number of amides is 3. The Morgan fingerprint density at radius 3 is 1.88 bits per heavy atom. The van der Waals surface area contributed by atoms with E-state index in [0.29, 0.717) is 13.1 Å². The Balaban J connectivity index is 1.64. The summed E-state index contributed by atoms with van der Waals surface area (Å²) in [4.78, 5) is 29.2. The fourth-order valence-corrected chi connectivity index (χ4v) is 6.49. The van der Waals surface area contributed by atoms with Crippen LogP contribution in [-0.4, -0.2) is 79.1 Å². The summed E-state index contributed by atoms with van der Waals surface area (Å²) in [5.41, 5.74) is 2.31. The number of nitrogens with one attached hydrogen (secondary N) is 1. The third-order valence-electron chi connectivity index (χ3n) is 7.85. The summed E-state index contributed by atoms with van der Waals surface area (Å²) in [6, 6.07) is 30.1. The molecule has 222 valence electrons. The zero-order valence-electron chi connectivity index (χ0n) is 23.9. The Morgan fingerprint density at radius 1 is 0.905 bits per heavy atom. The highest BCUT2D eigenvalue weighted by Crippen LogP contribution is 2.54. The first-order chi connectivity index (χ1) is 20.1. The quantitative estimate of drug-likeness (QED) is 0.266. The van der Waals surface area contributed by atoms with Gasteiger partial charge in [-0.3, -0.25) is 24.5 Å². The molecule has 42 heavy (non-hydrogen) atoms. The summed E-state index contributed by atoms with van der Waals surface area (Å²) in [5.74, 6) is -0.722. The summed E-state index contributed by atoms with van der Waals surface area (Å²) >= 11 is 6.23. The number of hydrogen-bond acceptors (Lipinski definition) is 6. The number of carbonyl (C=O) groups is 2. The highest BCUT2D eigenvalue weighted by Gasteiger charge is 2.48. The highest BCUT2D eigenvalue weighted by atomic mass is 35.7. The molecule has 0 radical (unpaired) electrons. The Labute approximate surface area is 251 Å². The van der Waals surface area contributed by atoms with Crippen LogP contribution in [0.15, 0.2) is 91.0 Å². The van der Waals surface area contributed by atoms with E-state index in [0.717, 1.165) is 16.7 Å². The minimum Gasteiger partial charge on any atom is -0.350 e. The van der Waals surface area contributed by atoms with Crippen LogP contribution in [0.1, 0.15) is 23.6 Å². The molecule has 9 nitrogen and oxygen atoms in total. The van der Waals surface area contributed by atoms with E-state index in [2.05, 4.69) is 46.6 Å². The van der Waals surface area contributed by atoms with E-state index in [1.807, 2.05) is 54.6 Å². The topological polar surface area (TPSA) is 91.4 Å². The number of benzene rings is 3. The molecule has 2 fully saturated rings. The molecule has 5 rings (SSSR count). The number of imide groups is 1. The maximum Gasteiger partial charge on any atom is 0.362 e. The SMILES string of the molecule is CC1CN([C@H]2CN(C(c3ccccc3)(c3ccccc3)c3ccccc3)C[C@@H](COP(=O)(Cl)N(C)C)O2)C(=O)NC1=O. The Bertz CT molecular complexity index is 1330. The average molecular weight is 611 g/mol. The lowest BCUT2D eigenvalue weighted by Crippen LogP contribution is -2.66. The molecule has 2 unspecified atom stereocenters. The van der Waals surface area contributed by atoms with E-state index in [9.17, 15) is 14.2 Å². The molecule has 3 aromatic carbocycles. The zero-order chi connectivity index (χ0) is 29.9. The molecular weight excluding hydrogens is 575 g/mol. The summed E-state index contributed by atoms with van der Waals surface area (Å²) in [5, 5.41) is 2.46. The van der Waals surface area contributed by atoms with Gasteiger partial charge in [0.1, 0.15) is 6.23 Å². The molecule has 1 N–H and O–H groups in total. The van der Waals surface area contributed by atoms with E-state index in [1.54, 1.807) is 25.9 Å². The van der Waals surface area contributed by atoms with Crippen molar-refractivity contribution < 1.29 is 23.4 Å². The van der Waals surface area contributed by atoms with Crippen LogP contribution in [0.4, 0.5) is 4.79 Å². The number of nitrogens with zero attached hydrogens (tertiary/aromatic N) is 3. The van der Waals surface area contributed by atoms with Crippen molar-refractivity contribution in [2.24, 2.45) is 5.92 Å². The van der Waals surface area contributed by atoms with E-state index in [-0.39, 0.29) is 19.1 Å². The van der Waals surface area contributed by atoms with Gasteiger partial charge in [0.2, 0.25) is 5.91 Å². The standard InChI is InChI=1S/C31H36ClN4O5P/c1-23-19-36(30(38)33-29(23)37)28-21-35(20-27(41-28)22-40-42(32,39)34(2)3)31(24-13-7-4-8-14-24,25-15-9-5-10-16-25)26-17-11-6-12-18-26/h4-18,23,27-28H,19-22H2,1-3H3,(H,33,37,38)/t23?,27-,28+,42?/m0/s1. The van der Waals surface area contributed by atoms with E-state index in [4.69, 9.17) is 20.5 Å². The molecule has 2 aliphatic rings. The molecule has 2 aliphatic heterocycles. The fourth-order valence-electron chi connectivity index (χ4n) is 5.74. The second-order valence-electron chi connectivity index (χ2n) is 10.9. The highest BCUT2D eigenvalue weighted by molar-refractivity contribution is 7.83. The third kappa shape index (κ3) is 6.04. The largest absolute Gasteiger partial charge is 0.362 e. The Hall–Kier alpha value is -3.04. The van der Waals surface area contributed by atoms with Crippen molar-refractivity contribution in [3.8, 4) is 0 Å². The molecule has 3 amide bonds. The van der Waals surface area contributed by atoms with Crippen molar-refractivity contribution in [2.75, 3.05) is 40.3 Å². The fraction of sp³-hybridized carbons (Fsp3) is 0.355. The van der Waals surface area contributed by atoms with Gasteiger partial charge >= 0.3 is 12.9 Å². The predicted molar refractivity (Wildman–Crippen MR) is 162 cm³/mol. The number of morpholine rings is 1. The van der Waals surface area contributed by atoms with Crippen LogP contribution < -0.4 is 5.32 Å². The third-order valence-corrected chi connectivity index (χ3v) is 10.5. The number of rotatable bonds is 9. The van der Waals surface area contributed by atoms with Crippen LogP contribution in [0.5, 0.6) is 0 Å². The maximum atomic E-state index is 13.1. The lowest BCUT2D eigenvalue weighted by atomic mass is 9.75. The van der Waals surface area contributed by atoms with Crippen LogP contribution in [0.25, 0.3) is 0 Å². The molecule has 0 aliphatic carbocycles. The van der Waals surface area contributed by atoms with Crippen molar-refractivity contribution in [1.29, 1.82) is 0 Å². The van der Waals surface area contributed by atoms with Gasteiger partial charge in [0.15, 0.2) is 0 Å². The van der Waals surface area contributed by atoms with Crippen LogP contribution in [-0.2, 0) is 24.2 Å². The lowest BCUT2D eigenvalue weighted by Gasteiger charge is -2.52. The minimum atomic E-state index is -3.58. The molecule has 0 spiro atoms. The average Bonchev–Trinajstić information content (AvgIpc) is 3.00. The van der Waals surface area contributed by atoms with Gasteiger partial charge in [-0.25, -0.2) is 9.46 Å². The summed E-state index contributed by atoms with van der Waals surface area (Å²) in [6.45, 7) is -0.953. The summed E-state index contributed by atoms with van der Waals surface area (Å²) in [7, 11) is 3.18. The van der Waals surface area contributed by atoms with Gasteiger partial charge in [0.05, 0.1) is 24.2 Å². The lowest BCUT2D eigenvalue weighted by molar-refractivity contribution is -0.166. The van der Waals surface area contributed by atoms with Crippen molar-refractivity contribution in [2.45, 2.75) is 24.8 Å². The van der Waals surface area contributed by atoms with Gasteiger partial charge < -0.3 is 9.26 Å². The molecule has 2 saturated heterocycles. The summed E-state index contributed by atoms with van der Waals surface area (Å²) < 4.78 is 26.5. The van der Waals surface area contributed by atoms with Gasteiger partial charge in [-0.05, 0) is 42.0 Å². The van der Waals surface area contributed by atoms with Crippen molar-refractivity contribution in [1.82, 2.24) is 19.8 Å². The summed E-state index contributed by atoms with van der Waals surface area (Å²) in [6.07, 6.45) is -1.33. The molecular formula is C31H36ClN4O5P. The van der Waals surface area contributed by atoms with Gasteiger partial charge in [-0.2, -0.15) is 0 Å². The molecule has 4 atom stereocenters. The number of urea groups is 1. The van der Waals surface area contributed by atoms with Crippen molar-refractivity contribution in [3.63, 3.8) is 0 Å². The first kappa shape index (κ1) is 30.4. The van der Waals surface area contributed by atoms with Crippen LogP contribution >= 0.6 is 18.1 Å². The normalized spacial score (nSPS) is 23.5. The Kier molecular flexibility index (Phi) is 9.18. The molecule has 0 aromatic heterocycles. The van der Waals surface area contributed by atoms with Gasteiger partial charge in [0.25, 0.3) is 0 Å². The van der Waals surface area contributed by atoms with Crippen LogP contribution in [0.3, 0.4) is 0 Å². The van der Waals surface area contributed by atoms with Gasteiger partial charge in [-0.15, -0.1) is 0 Å². The van der Waals surface area contributed by atoms with Gasteiger partial charge in [0, 0.05) is 19.6 Å². The van der Waals surface area contributed by atoms with Crippen LogP contribution in [0.2, 0.25) is 0 Å².